The maximum atomic E-state index is 12.5. The van der Waals surface area contributed by atoms with Crippen LogP contribution in [0.3, 0.4) is 0 Å². The van der Waals surface area contributed by atoms with Gasteiger partial charge in [-0.2, -0.15) is 0 Å². The van der Waals surface area contributed by atoms with Crippen molar-refractivity contribution in [3.8, 4) is 0 Å². The number of likely N-dealkylation sites (tertiary alicyclic amines) is 1. The van der Waals surface area contributed by atoms with Gasteiger partial charge in [0.25, 0.3) is 11.5 Å². The van der Waals surface area contributed by atoms with Crippen molar-refractivity contribution in [2.75, 3.05) is 13.2 Å². The van der Waals surface area contributed by atoms with Crippen LogP contribution in [0.5, 0.6) is 0 Å². The van der Waals surface area contributed by atoms with Crippen molar-refractivity contribution in [3.05, 3.63) is 34.2 Å². The van der Waals surface area contributed by atoms with Crippen molar-refractivity contribution in [1.29, 1.82) is 0 Å². The highest BCUT2D eigenvalue weighted by Crippen LogP contribution is 2.19. The summed E-state index contributed by atoms with van der Waals surface area (Å²) >= 11 is 0. The van der Waals surface area contributed by atoms with Crippen molar-refractivity contribution in [3.63, 3.8) is 0 Å². The van der Waals surface area contributed by atoms with Gasteiger partial charge in [-0.25, -0.2) is 4.79 Å². The number of aromatic nitrogens is 1. The van der Waals surface area contributed by atoms with Crippen LogP contribution in [0.25, 0.3) is 0 Å². The van der Waals surface area contributed by atoms with Gasteiger partial charge in [0.15, 0.2) is 0 Å². The van der Waals surface area contributed by atoms with Crippen LogP contribution in [-0.4, -0.2) is 52.9 Å². The SMILES string of the molecule is CCOC(=O)[C@@H]1CCCN1C(=O)[C@H](C)NC(=O)c1ccc[nH]c1=O. The molecule has 1 aromatic rings. The molecule has 2 atom stereocenters. The summed E-state index contributed by atoms with van der Waals surface area (Å²) in [5, 5.41) is 2.50. The number of nitrogens with zero attached hydrogens (tertiary/aromatic N) is 1. The van der Waals surface area contributed by atoms with Crippen molar-refractivity contribution in [2.45, 2.75) is 38.8 Å². The highest BCUT2D eigenvalue weighted by molar-refractivity contribution is 5.97. The molecule has 2 rings (SSSR count). The molecule has 0 unspecified atom stereocenters. The average Bonchev–Trinajstić information content (AvgIpc) is 3.04. The Morgan fingerprint density at radius 1 is 1.46 bits per heavy atom. The molecule has 0 aliphatic carbocycles. The molecule has 0 bridgehead atoms. The first-order valence-electron chi connectivity index (χ1n) is 7.91. The fourth-order valence-electron chi connectivity index (χ4n) is 2.70. The van der Waals surface area contributed by atoms with Gasteiger partial charge in [-0.3, -0.25) is 14.4 Å². The first-order valence-corrected chi connectivity index (χ1v) is 7.91. The van der Waals surface area contributed by atoms with Crippen LogP contribution < -0.4 is 10.9 Å². The summed E-state index contributed by atoms with van der Waals surface area (Å²) in [4.78, 5) is 52.0. The normalized spacial score (nSPS) is 18.1. The molecule has 2 N–H and O–H groups in total. The lowest BCUT2D eigenvalue weighted by Crippen LogP contribution is -2.51. The second kappa shape index (κ2) is 7.76. The molecule has 8 heteroatoms. The fraction of sp³-hybridized carbons (Fsp3) is 0.500. The Kier molecular flexibility index (Phi) is 5.73. The minimum absolute atomic E-state index is 0.0690. The number of ether oxygens (including phenoxy) is 1. The Morgan fingerprint density at radius 3 is 2.88 bits per heavy atom. The highest BCUT2D eigenvalue weighted by atomic mass is 16.5. The Labute approximate surface area is 139 Å². The molecule has 1 fully saturated rings. The van der Waals surface area contributed by atoms with Gasteiger partial charge in [-0.15, -0.1) is 0 Å². The molecule has 1 saturated heterocycles. The van der Waals surface area contributed by atoms with E-state index in [4.69, 9.17) is 4.74 Å². The molecule has 24 heavy (non-hydrogen) atoms. The summed E-state index contributed by atoms with van der Waals surface area (Å²) < 4.78 is 4.99. The predicted molar refractivity (Wildman–Crippen MR) is 85.4 cm³/mol. The molecular formula is C16H21N3O5. The predicted octanol–water partition coefficient (Wildman–Crippen LogP) is 0.0473. The molecule has 0 aromatic carbocycles. The number of rotatable bonds is 5. The van der Waals surface area contributed by atoms with E-state index in [-0.39, 0.29) is 18.1 Å². The summed E-state index contributed by atoms with van der Waals surface area (Å²) in [7, 11) is 0. The molecule has 1 aromatic heterocycles. The maximum Gasteiger partial charge on any atom is 0.328 e. The number of pyridine rings is 1. The number of esters is 1. The Balaban J connectivity index is 2.04. The fourth-order valence-corrected chi connectivity index (χ4v) is 2.70. The highest BCUT2D eigenvalue weighted by Gasteiger charge is 2.37. The zero-order chi connectivity index (χ0) is 17.7. The summed E-state index contributed by atoms with van der Waals surface area (Å²) in [6.45, 7) is 3.92. The van der Waals surface area contributed by atoms with Gasteiger partial charge >= 0.3 is 5.97 Å². The van der Waals surface area contributed by atoms with Crippen molar-refractivity contribution in [1.82, 2.24) is 15.2 Å². The van der Waals surface area contributed by atoms with Gasteiger partial charge in [0.05, 0.1) is 6.61 Å². The van der Waals surface area contributed by atoms with E-state index >= 15 is 0 Å². The van der Waals surface area contributed by atoms with Crippen molar-refractivity contribution >= 4 is 17.8 Å². The molecule has 2 amide bonds. The van der Waals surface area contributed by atoms with Crippen LogP contribution in [-0.2, 0) is 14.3 Å². The third-order valence-electron chi connectivity index (χ3n) is 3.88. The first-order chi connectivity index (χ1) is 11.5. The number of carbonyl (C=O) groups excluding carboxylic acids is 3. The van der Waals surface area contributed by atoms with Crippen LogP contribution in [0.2, 0.25) is 0 Å². The number of aromatic amines is 1. The minimum Gasteiger partial charge on any atom is -0.464 e. The van der Waals surface area contributed by atoms with Gasteiger partial charge in [-0.05, 0) is 38.8 Å². The number of nitrogens with one attached hydrogen (secondary N) is 2. The topological polar surface area (TPSA) is 109 Å². The number of hydrogen-bond donors (Lipinski definition) is 2. The molecule has 1 aliphatic rings. The van der Waals surface area contributed by atoms with E-state index in [0.717, 1.165) is 0 Å². The van der Waals surface area contributed by atoms with E-state index < -0.39 is 29.5 Å². The Bertz CT molecular complexity index is 684. The van der Waals surface area contributed by atoms with Crippen LogP contribution in [0.1, 0.15) is 37.0 Å². The molecule has 0 spiro atoms. The molecule has 2 heterocycles. The van der Waals surface area contributed by atoms with Crippen LogP contribution in [0, 0.1) is 0 Å². The van der Waals surface area contributed by atoms with Gasteiger partial charge in [0.2, 0.25) is 5.91 Å². The molecule has 1 aliphatic heterocycles. The lowest BCUT2D eigenvalue weighted by molar-refractivity contribution is -0.153. The zero-order valence-electron chi connectivity index (χ0n) is 13.7. The second-order valence-corrected chi connectivity index (χ2v) is 5.55. The van der Waals surface area contributed by atoms with Gasteiger partial charge in [-0.1, -0.05) is 0 Å². The summed E-state index contributed by atoms with van der Waals surface area (Å²) in [5.74, 6) is -1.43. The van der Waals surface area contributed by atoms with Crippen LogP contribution >= 0.6 is 0 Å². The second-order valence-electron chi connectivity index (χ2n) is 5.55. The summed E-state index contributed by atoms with van der Waals surface area (Å²) in [6.07, 6.45) is 2.67. The zero-order valence-corrected chi connectivity index (χ0v) is 13.7. The average molecular weight is 335 g/mol. The number of carbonyl (C=O) groups is 3. The van der Waals surface area contributed by atoms with E-state index in [9.17, 15) is 19.2 Å². The third kappa shape index (κ3) is 3.81. The van der Waals surface area contributed by atoms with Crippen molar-refractivity contribution in [2.24, 2.45) is 0 Å². The quantitative estimate of drug-likeness (QED) is 0.739. The van der Waals surface area contributed by atoms with Crippen LogP contribution in [0.4, 0.5) is 0 Å². The minimum atomic E-state index is -0.855. The standard InChI is InChI=1S/C16H21N3O5/c1-3-24-16(23)12-7-5-9-19(12)15(22)10(2)18-14(21)11-6-4-8-17-13(11)20/h4,6,8,10,12H,3,5,7,9H2,1-2H3,(H,17,20)(H,18,21)/t10-,12-/m0/s1. The van der Waals surface area contributed by atoms with E-state index in [0.29, 0.717) is 19.4 Å². The van der Waals surface area contributed by atoms with Crippen LogP contribution in [0.15, 0.2) is 23.1 Å². The largest absolute Gasteiger partial charge is 0.464 e. The molecule has 130 valence electrons. The molecule has 0 radical (unpaired) electrons. The number of H-pyrrole nitrogens is 1. The molecule has 8 nitrogen and oxygen atoms in total. The maximum absolute atomic E-state index is 12.5. The van der Waals surface area contributed by atoms with E-state index in [1.54, 1.807) is 6.92 Å². The Hall–Kier alpha value is -2.64. The van der Waals surface area contributed by atoms with E-state index in [1.807, 2.05) is 0 Å². The number of amides is 2. The lowest BCUT2D eigenvalue weighted by Gasteiger charge is -2.26. The smallest absolute Gasteiger partial charge is 0.328 e. The number of hydrogen-bond acceptors (Lipinski definition) is 5. The van der Waals surface area contributed by atoms with Gasteiger partial charge in [0, 0.05) is 12.7 Å². The van der Waals surface area contributed by atoms with E-state index in [1.165, 1.54) is 30.2 Å². The lowest BCUT2D eigenvalue weighted by atomic mass is 10.2. The van der Waals surface area contributed by atoms with E-state index in [2.05, 4.69) is 10.3 Å². The molecule has 0 saturated carbocycles. The Morgan fingerprint density at radius 2 is 2.21 bits per heavy atom. The van der Waals surface area contributed by atoms with Crippen molar-refractivity contribution < 1.29 is 19.1 Å². The monoisotopic (exact) mass is 335 g/mol. The summed E-state index contributed by atoms with van der Waals surface area (Å²) in [5.41, 5.74) is -0.597. The van der Waals surface area contributed by atoms with Gasteiger partial charge < -0.3 is 19.9 Å². The third-order valence-corrected chi connectivity index (χ3v) is 3.88. The summed E-state index contributed by atoms with van der Waals surface area (Å²) in [6, 6.07) is 1.44. The van der Waals surface area contributed by atoms with Gasteiger partial charge in [0.1, 0.15) is 17.6 Å². The molecular weight excluding hydrogens is 314 g/mol. The first kappa shape index (κ1) is 17.7.